The minimum Gasteiger partial charge on any atom is -0.462 e. The van der Waals surface area contributed by atoms with Crippen LogP contribution in [0, 0.1) is 0 Å². The van der Waals surface area contributed by atoms with Gasteiger partial charge in [-0.05, 0) is 83.5 Å². The smallest absolute Gasteiger partial charge is 0.306 e. The predicted octanol–water partition coefficient (Wildman–Crippen LogP) is 23.1. The van der Waals surface area contributed by atoms with Crippen LogP contribution in [-0.4, -0.2) is 37.2 Å². The summed E-state index contributed by atoms with van der Waals surface area (Å²) in [5.41, 5.74) is 0. The number of rotatable bonds is 62. The largest absolute Gasteiger partial charge is 0.462 e. The molecule has 0 aromatic rings. The molecule has 0 saturated carbocycles. The van der Waals surface area contributed by atoms with Gasteiger partial charge in [0.25, 0.3) is 0 Å². The summed E-state index contributed by atoms with van der Waals surface area (Å²) in [4.78, 5) is 38.2. The van der Waals surface area contributed by atoms with Crippen LogP contribution in [0.1, 0.15) is 355 Å². The highest BCUT2D eigenvalue weighted by atomic mass is 16.6. The average Bonchev–Trinajstić information content (AvgIpc) is 3.43. The summed E-state index contributed by atoms with van der Waals surface area (Å²) in [5, 5.41) is 0. The summed E-state index contributed by atoms with van der Waals surface area (Å²) in [6.45, 7) is 6.53. The SMILES string of the molecule is CC/C=C\C/C=C\C/C=C\CCCCCCCCCC(=O)OC(COC(=O)CCCCCCCCCCC)COC(=O)CCCCCCCCCCCCCCCCCCCCCCC/C=C\C/C=C\CCCCCCC. The number of ether oxygens (including phenoxy) is 3. The third-order valence-electron chi connectivity index (χ3n) is 15.0. The number of hydrogen-bond donors (Lipinski definition) is 0. The summed E-state index contributed by atoms with van der Waals surface area (Å²) in [6.07, 6.45) is 84.1. The fourth-order valence-corrected chi connectivity index (χ4v) is 9.96. The molecule has 0 heterocycles. The quantitative estimate of drug-likeness (QED) is 0.0261. The monoisotopic (exact) mass is 1080 g/mol. The molecule has 6 heteroatoms. The van der Waals surface area contributed by atoms with Gasteiger partial charge >= 0.3 is 17.9 Å². The van der Waals surface area contributed by atoms with Crippen LogP contribution >= 0.6 is 0 Å². The molecule has 448 valence electrons. The number of unbranched alkanes of at least 4 members (excludes halogenated alkanes) is 41. The Bertz CT molecular complexity index is 1380. The molecule has 0 aromatic carbocycles. The van der Waals surface area contributed by atoms with Crippen molar-refractivity contribution in [2.45, 2.75) is 361 Å². The Morgan fingerprint density at radius 3 is 0.792 bits per heavy atom. The summed E-state index contributed by atoms with van der Waals surface area (Å²) < 4.78 is 16.9. The first-order valence-corrected chi connectivity index (χ1v) is 33.8. The number of carbonyl (C=O) groups excluding carboxylic acids is 3. The van der Waals surface area contributed by atoms with E-state index in [1.54, 1.807) is 0 Å². The van der Waals surface area contributed by atoms with Crippen molar-refractivity contribution in [2.24, 2.45) is 0 Å². The van der Waals surface area contributed by atoms with E-state index >= 15 is 0 Å². The van der Waals surface area contributed by atoms with Gasteiger partial charge in [-0.25, -0.2) is 0 Å². The molecule has 0 aromatic heterocycles. The van der Waals surface area contributed by atoms with Crippen molar-refractivity contribution < 1.29 is 28.6 Å². The normalized spacial score (nSPS) is 12.4. The van der Waals surface area contributed by atoms with Gasteiger partial charge in [-0.2, -0.15) is 0 Å². The minimum atomic E-state index is -0.776. The van der Waals surface area contributed by atoms with E-state index in [1.807, 2.05) is 0 Å². The van der Waals surface area contributed by atoms with Crippen LogP contribution in [0.5, 0.6) is 0 Å². The van der Waals surface area contributed by atoms with Crippen molar-refractivity contribution in [3.8, 4) is 0 Å². The van der Waals surface area contributed by atoms with E-state index in [0.29, 0.717) is 19.3 Å². The lowest BCUT2D eigenvalue weighted by atomic mass is 10.0. The Morgan fingerprint density at radius 2 is 0.506 bits per heavy atom. The van der Waals surface area contributed by atoms with Crippen molar-refractivity contribution in [3.63, 3.8) is 0 Å². The molecule has 0 aliphatic rings. The molecule has 0 rings (SSSR count). The Hall–Kier alpha value is -2.89. The molecule has 0 spiro atoms. The van der Waals surface area contributed by atoms with Crippen molar-refractivity contribution in [1.29, 1.82) is 0 Å². The standard InChI is InChI=1S/C71H128O6/c1-4-7-10-13-16-19-21-23-25-27-28-29-30-31-32-33-34-35-36-37-38-39-40-41-42-44-45-47-49-52-55-58-61-64-70(73)76-67-68(66-75-69(72)63-60-57-54-51-18-15-12-9-6-3)77-71(74)65-62-59-56-53-50-48-46-43-26-24-22-20-17-14-11-8-5-2/h8,11,17,20-21,23-24,26-28,68H,4-7,9-10,12-16,18-19,22,25,29-67H2,1-3H3/b11-8-,20-17-,23-21-,26-24-,28-27-. The number of esters is 3. The highest BCUT2D eigenvalue weighted by Gasteiger charge is 2.19. The van der Waals surface area contributed by atoms with E-state index in [2.05, 4.69) is 81.5 Å². The lowest BCUT2D eigenvalue weighted by Crippen LogP contribution is -2.30. The fraction of sp³-hybridized carbons (Fsp3) is 0.817. The van der Waals surface area contributed by atoms with Gasteiger partial charge in [0.15, 0.2) is 6.10 Å². The van der Waals surface area contributed by atoms with Crippen molar-refractivity contribution >= 4 is 17.9 Å². The van der Waals surface area contributed by atoms with Gasteiger partial charge in [-0.1, -0.05) is 313 Å². The van der Waals surface area contributed by atoms with E-state index in [0.717, 1.165) is 89.9 Å². The molecule has 0 amide bonds. The fourth-order valence-electron chi connectivity index (χ4n) is 9.96. The molecule has 0 aliphatic heterocycles. The first-order chi connectivity index (χ1) is 38.0. The Kier molecular flexibility index (Phi) is 63.2. The van der Waals surface area contributed by atoms with Gasteiger partial charge in [0.05, 0.1) is 0 Å². The lowest BCUT2D eigenvalue weighted by Gasteiger charge is -2.18. The molecule has 0 saturated heterocycles. The minimum absolute atomic E-state index is 0.0738. The zero-order chi connectivity index (χ0) is 55.7. The van der Waals surface area contributed by atoms with E-state index in [9.17, 15) is 14.4 Å². The molecule has 1 unspecified atom stereocenters. The Labute approximate surface area is 479 Å². The van der Waals surface area contributed by atoms with E-state index in [1.165, 1.54) is 225 Å². The molecule has 0 aliphatic carbocycles. The molecule has 0 radical (unpaired) electrons. The van der Waals surface area contributed by atoms with Crippen LogP contribution < -0.4 is 0 Å². The zero-order valence-corrected chi connectivity index (χ0v) is 51.5. The predicted molar refractivity (Wildman–Crippen MR) is 335 cm³/mol. The van der Waals surface area contributed by atoms with Gasteiger partial charge in [0, 0.05) is 19.3 Å². The Balaban J connectivity index is 4.04. The molecular weight excluding hydrogens is 949 g/mol. The van der Waals surface area contributed by atoms with Gasteiger partial charge in [0.2, 0.25) is 0 Å². The van der Waals surface area contributed by atoms with Crippen LogP contribution in [0.4, 0.5) is 0 Å². The summed E-state index contributed by atoms with van der Waals surface area (Å²) >= 11 is 0. The average molecular weight is 1080 g/mol. The first kappa shape index (κ1) is 74.1. The molecule has 0 N–H and O–H groups in total. The molecule has 6 nitrogen and oxygen atoms in total. The highest BCUT2D eigenvalue weighted by Crippen LogP contribution is 2.18. The van der Waals surface area contributed by atoms with Crippen LogP contribution in [0.3, 0.4) is 0 Å². The molecule has 0 fully saturated rings. The van der Waals surface area contributed by atoms with Crippen molar-refractivity contribution in [2.75, 3.05) is 13.2 Å². The van der Waals surface area contributed by atoms with Gasteiger partial charge in [-0.15, -0.1) is 0 Å². The van der Waals surface area contributed by atoms with Gasteiger partial charge in [-0.3, -0.25) is 14.4 Å². The number of hydrogen-bond acceptors (Lipinski definition) is 6. The maximum atomic E-state index is 12.9. The highest BCUT2D eigenvalue weighted by molar-refractivity contribution is 5.71. The van der Waals surface area contributed by atoms with Crippen LogP contribution in [0.2, 0.25) is 0 Å². The van der Waals surface area contributed by atoms with Crippen LogP contribution in [0.15, 0.2) is 60.8 Å². The second-order valence-corrected chi connectivity index (χ2v) is 22.7. The van der Waals surface area contributed by atoms with E-state index in [4.69, 9.17) is 14.2 Å². The number of carbonyl (C=O) groups is 3. The van der Waals surface area contributed by atoms with Crippen molar-refractivity contribution in [1.82, 2.24) is 0 Å². The summed E-state index contributed by atoms with van der Waals surface area (Å²) in [7, 11) is 0. The zero-order valence-electron chi connectivity index (χ0n) is 51.5. The molecular formula is C71H128O6. The molecule has 77 heavy (non-hydrogen) atoms. The van der Waals surface area contributed by atoms with E-state index < -0.39 is 6.10 Å². The second-order valence-electron chi connectivity index (χ2n) is 22.7. The second kappa shape index (κ2) is 65.6. The maximum absolute atomic E-state index is 12.9. The van der Waals surface area contributed by atoms with Gasteiger partial charge in [0.1, 0.15) is 13.2 Å². The first-order valence-electron chi connectivity index (χ1n) is 33.8. The third-order valence-corrected chi connectivity index (χ3v) is 15.0. The molecule has 0 bridgehead atoms. The Morgan fingerprint density at radius 1 is 0.273 bits per heavy atom. The van der Waals surface area contributed by atoms with Gasteiger partial charge < -0.3 is 14.2 Å². The maximum Gasteiger partial charge on any atom is 0.306 e. The van der Waals surface area contributed by atoms with Crippen molar-refractivity contribution in [3.05, 3.63) is 60.8 Å². The third kappa shape index (κ3) is 63.8. The summed E-state index contributed by atoms with van der Waals surface area (Å²) in [6, 6.07) is 0. The van der Waals surface area contributed by atoms with Crippen LogP contribution in [-0.2, 0) is 28.6 Å². The van der Waals surface area contributed by atoms with Crippen LogP contribution in [0.25, 0.3) is 0 Å². The summed E-state index contributed by atoms with van der Waals surface area (Å²) in [5.74, 6) is -0.868. The van der Waals surface area contributed by atoms with E-state index in [-0.39, 0.29) is 31.1 Å². The topological polar surface area (TPSA) is 78.9 Å². The molecule has 1 atom stereocenters. The number of allylic oxidation sites excluding steroid dienone is 10. The lowest BCUT2D eigenvalue weighted by molar-refractivity contribution is -0.167.